The molecule has 4 aromatic heterocycles. The van der Waals surface area contributed by atoms with Crippen LogP contribution in [-0.2, 0) is 41.4 Å². The highest BCUT2D eigenvalue weighted by Crippen LogP contribution is 2.54. The first-order valence-electron chi connectivity index (χ1n) is 13.3. The summed E-state index contributed by atoms with van der Waals surface area (Å²) in [7, 11) is -8.89. The zero-order valence-electron chi connectivity index (χ0n) is 23.3. The molecule has 3 aliphatic rings. The molecule has 3 fully saturated rings. The SMILES string of the molecule is CO[C@H]1[C@H]2OP(=O)(O)OC[C@H]3O[C@@H](n4cnc5c(=O)[nH]cnc54)[C@H](O)[C@H]3OP(=O)(O)OC[C@H]1O[C@H]2n1cnc2c(=O)[nH]c(N)nc21. The Bertz CT molecular complexity index is 2010. The van der Waals surface area contributed by atoms with Crippen LogP contribution in [0.25, 0.3) is 22.3 Å². The molecule has 0 saturated carbocycles. The number of rotatable bonds is 3. The van der Waals surface area contributed by atoms with Gasteiger partial charge in [-0.25, -0.2) is 24.1 Å². The molecule has 2 unspecified atom stereocenters. The predicted molar refractivity (Wildman–Crippen MR) is 147 cm³/mol. The summed E-state index contributed by atoms with van der Waals surface area (Å²) in [5, 5.41) is 11.1. The van der Waals surface area contributed by atoms with E-state index in [0.29, 0.717) is 0 Å². The van der Waals surface area contributed by atoms with Crippen LogP contribution in [0.3, 0.4) is 0 Å². The van der Waals surface area contributed by atoms with Crippen LogP contribution in [0.5, 0.6) is 0 Å². The molecule has 25 heteroatoms. The van der Waals surface area contributed by atoms with E-state index in [-0.39, 0.29) is 28.3 Å². The quantitative estimate of drug-likeness (QED) is 0.127. The van der Waals surface area contributed by atoms with Crippen molar-refractivity contribution in [3.63, 3.8) is 0 Å². The zero-order chi connectivity index (χ0) is 32.5. The fourth-order valence-electron chi connectivity index (χ4n) is 5.56. The van der Waals surface area contributed by atoms with Crippen LogP contribution in [0.15, 0.2) is 28.6 Å². The number of ether oxygens (including phenoxy) is 3. The molecule has 0 amide bonds. The van der Waals surface area contributed by atoms with Crippen LogP contribution >= 0.6 is 15.6 Å². The van der Waals surface area contributed by atoms with Gasteiger partial charge in [-0.05, 0) is 0 Å². The van der Waals surface area contributed by atoms with E-state index < -0.39 is 89.1 Å². The average molecular weight is 689 g/mol. The van der Waals surface area contributed by atoms with Crippen molar-refractivity contribution >= 4 is 43.9 Å². The van der Waals surface area contributed by atoms with E-state index in [4.69, 9.17) is 38.0 Å². The van der Waals surface area contributed by atoms with Gasteiger partial charge in [0.1, 0.15) is 36.6 Å². The highest BCUT2D eigenvalue weighted by atomic mass is 31.2. The van der Waals surface area contributed by atoms with E-state index in [9.17, 15) is 33.6 Å². The number of aromatic nitrogens is 8. The van der Waals surface area contributed by atoms with Crippen molar-refractivity contribution in [1.82, 2.24) is 39.0 Å². The molecule has 2 bridgehead atoms. The number of nitrogens with one attached hydrogen (secondary N) is 2. The minimum atomic E-state index is -5.07. The first-order valence-corrected chi connectivity index (χ1v) is 16.3. The maximum Gasteiger partial charge on any atom is 0.472 e. The number of aromatic amines is 2. The van der Waals surface area contributed by atoms with Crippen LogP contribution < -0.4 is 16.9 Å². The van der Waals surface area contributed by atoms with Gasteiger partial charge in [-0.2, -0.15) is 4.98 Å². The van der Waals surface area contributed by atoms with E-state index in [1.807, 2.05) is 0 Å². The maximum absolute atomic E-state index is 13.3. The lowest BCUT2D eigenvalue weighted by Gasteiger charge is -2.26. The standard InChI is InChI=1S/C21H25N9O14P2/c1-38-13-8-3-40-45(34,35)43-12-7(41-19(11(12)31)29-5-25-9-15(29)23-4-24-17(9)32)2-39-46(36,37)44-14(13)20(42-8)30-6-26-10-16(30)27-21(22)28-18(10)33/h4-8,11-14,19-20,31H,2-3H2,1H3,(H,34,35)(H,36,37)(H,23,24,32)(H3,22,27,28,33)/t7-,8-,11-,12+,13-,14-,19-,20-/m1/s1. The van der Waals surface area contributed by atoms with Crippen LogP contribution in [0.4, 0.5) is 5.95 Å². The summed E-state index contributed by atoms with van der Waals surface area (Å²) in [5.74, 6) is -0.257. The summed E-state index contributed by atoms with van der Waals surface area (Å²) in [6.45, 7) is -1.52. The van der Waals surface area contributed by atoms with Gasteiger partial charge in [0, 0.05) is 7.11 Å². The molecular formula is C21H25N9O14P2. The Balaban J connectivity index is 1.22. The first kappa shape index (κ1) is 31.2. The Kier molecular flexibility index (Phi) is 7.70. The topological polar surface area (TPSA) is 313 Å². The van der Waals surface area contributed by atoms with E-state index in [1.165, 1.54) is 16.2 Å². The van der Waals surface area contributed by atoms with Crippen LogP contribution in [-0.4, -0.2) is 111 Å². The monoisotopic (exact) mass is 689 g/mol. The maximum atomic E-state index is 13.3. The summed E-state index contributed by atoms with van der Waals surface area (Å²) >= 11 is 0. The molecule has 3 saturated heterocycles. The number of nitrogens with two attached hydrogens (primary N) is 1. The third kappa shape index (κ3) is 5.39. The number of phosphoric ester groups is 2. The Morgan fingerprint density at radius 2 is 1.52 bits per heavy atom. The van der Waals surface area contributed by atoms with E-state index in [0.717, 1.165) is 19.0 Å². The van der Waals surface area contributed by atoms with Gasteiger partial charge in [-0.3, -0.25) is 41.8 Å². The van der Waals surface area contributed by atoms with E-state index in [1.54, 1.807) is 0 Å². The van der Waals surface area contributed by atoms with Crippen molar-refractivity contribution in [2.75, 3.05) is 26.1 Å². The molecule has 0 radical (unpaired) electrons. The Labute approximate surface area is 254 Å². The van der Waals surface area contributed by atoms with Crippen molar-refractivity contribution in [1.29, 1.82) is 0 Å². The molecule has 0 spiro atoms. The summed E-state index contributed by atoms with van der Waals surface area (Å²) in [5.41, 5.74) is 4.14. The van der Waals surface area contributed by atoms with Gasteiger partial charge in [0.2, 0.25) is 5.95 Å². The lowest BCUT2D eigenvalue weighted by atomic mass is 10.1. The second-order valence-corrected chi connectivity index (χ2v) is 13.1. The molecule has 10 atom stereocenters. The highest BCUT2D eigenvalue weighted by molar-refractivity contribution is 7.47. The third-order valence-corrected chi connectivity index (χ3v) is 9.52. The van der Waals surface area contributed by atoms with Gasteiger partial charge >= 0.3 is 15.6 Å². The Morgan fingerprint density at radius 1 is 0.913 bits per heavy atom. The number of anilines is 1. The molecule has 0 aromatic carbocycles. The van der Waals surface area contributed by atoms with Crippen LogP contribution in [0.2, 0.25) is 0 Å². The number of phosphoric acid groups is 2. The molecule has 3 aliphatic heterocycles. The lowest BCUT2D eigenvalue weighted by molar-refractivity contribution is -0.0673. The number of aliphatic hydroxyl groups is 1. The number of nitrogen functional groups attached to an aromatic ring is 1. The number of hydrogen-bond donors (Lipinski definition) is 6. The lowest BCUT2D eigenvalue weighted by Crippen LogP contribution is -2.37. The third-order valence-electron chi connectivity index (χ3n) is 7.54. The molecular weight excluding hydrogens is 664 g/mol. The largest absolute Gasteiger partial charge is 0.472 e. The van der Waals surface area contributed by atoms with Crippen LogP contribution in [0.1, 0.15) is 12.5 Å². The molecule has 4 aromatic rings. The summed E-state index contributed by atoms with van der Waals surface area (Å²) in [4.78, 5) is 66.7. The van der Waals surface area contributed by atoms with Gasteiger partial charge < -0.3 is 39.8 Å². The summed E-state index contributed by atoms with van der Waals surface area (Å²) in [6.07, 6.45) is -8.28. The number of aliphatic hydroxyl groups excluding tert-OH is 1. The average Bonchev–Trinajstić information content (AvgIpc) is 3.75. The van der Waals surface area contributed by atoms with Crippen molar-refractivity contribution in [3.05, 3.63) is 39.7 Å². The number of H-pyrrole nitrogens is 2. The van der Waals surface area contributed by atoms with Crippen molar-refractivity contribution in [3.8, 4) is 0 Å². The van der Waals surface area contributed by atoms with Gasteiger partial charge in [-0.15, -0.1) is 0 Å². The van der Waals surface area contributed by atoms with Gasteiger partial charge in [-0.1, -0.05) is 0 Å². The van der Waals surface area contributed by atoms with Gasteiger partial charge in [0.25, 0.3) is 11.1 Å². The smallest absolute Gasteiger partial charge is 0.386 e. The second-order valence-electron chi connectivity index (χ2n) is 10.3. The highest BCUT2D eigenvalue weighted by Gasteiger charge is 2.54. The fourth-order valence-corrected chi connectivity index (χ4v) is 7.45. The van der Waals surface area contributed by atoms with Crippen molar-refractivity contribution in [2.45, 2.75) is 49.1 Å². The van der Waals surface area contributed by atoms with Crippen molar-refractivity contribution < 1.29 is 56.3 Å². The Hall–Kier alpha value is -3.44. The summed E-state index contributed by atoms with van der Waals surface area (Å²) < 4.78 is 67.4. The summed E-state index contributed by atoms with van der Waals surface area (Å²) in [6, 6.07) is 0. The number of methoxy groups -OCH3 is 1. The van der Waals surface area contributed by atoms with E-state index >= 15 is 0 Å². The van der Waals surface area contributed by atoms with Gasteiger partial charge in [0.05, 0.1) is 32.2 Å². The second kappa shape index (κ2) is 11.4. The predicted octanol–water partition coefficient (Wildman–Crippen LogP) is -1.98. The molecule has 46 heavy (non-hydrogen) atoms. The fraction of sp³-hybridized carbons (Fsp3) is 0.524. The molecule has 7 N–H and O–H groups in total. The Morgan fingerprint density at radius 3 is 2.22 bits per heavy atom. The van der Waals surface area contributed by atoms with Gasteiger partial charge in [0.15, 0.2) is 34.8 Å². The van der Waals surface area contributed by atoms with E-state index in [2.05, 4.69) is 29.9 Å². The van der Waals surface area contributed by atoms with Crippen LogP contribution in [0, 0.1) is 0 Å². The first-order chi connectivity index (χ1) is 21.9. The molecule has 0 aliphatic carbocycles. The number of hydrogen-bond acceptors (Lipinski definition) is 17. The number of imidazole rings is 2. The number of fused-ring (bicyclic) bond motifs is 5. The normalized spacial score (nSPS) is 37.1. The molecule has 23 nitrogen and oxygen atoms in total. The molecule has 7 heterocycles. The molecule has 7 rings (SSSR count). The minimum absolute atomic E-state index is 0.00208. The number of nitrogens with zero attached hydrogens (tertiary/aromatic N) is 6. The minimum Gasteiger partial charge on any atom is -0.386 e. The van der Waals surface area contributed by atoms with Crippen molar-refractivity contribution in [2.24, 2.45) is 0 Å². The molecule has 248 valence electrons. The zero-order valence-corrected chi connectivity index (χ0v) is 25.0.